The maximum atomic E-state index is 11.6. The van der Waals surface area contributed by atoms with Crippen molar-refractivity contribution < 1.29 is 9.59 Å². The fourth-order valence-corrected chi connectivity index (χ4v) is 2.31. The van der Waals surface area contributed by atoms with Crippen LogP contribution in [0.2, 0.25) is 0 Å². The molecule has 1 aromatic carbocycles. The van der Waals surface area contributed by atoms with Crippen LogP contribution in [0.15, 0.2) is 18.2 Å². The summed E-state index contributed by atoms with van der Waals surface area (Å²) in [5, 5.41) is 2.31. The van der Waals surface area contributed by atoms with Crippen LogP contribution in [-0.4, -0.2) is 39.3 Å². The second-order valence-electron chi connectivity index (χ2n) is 4.95. The Morgan fingerprint density at radius 1 is 1.45 bits per heavy atom. The van der Waals surface area contributed by atoms with Crippen LogP contribution >= 0.6 is 0 Å². The van der Waals surface area contributed by atoms with Crippen LogP contribution in [0.3, 0.4) is 0 Å². The monoisotopic (exact) mass is 273 g/mol. The van der Waals surface area contributed by atoms with E-state index < -0.39 is 0 Å². The zero-order valence-corrected chi connectivity index (χ0v) is 11.0. The summed E-state index contributed by atoms with van der Waals surface area (Å²) >= 11 is 0. The van der Waals surface area contributed by atoms with Crippen LogP contribution in [0.1, 0.15) is 12.7 Å². The lowest BCUT2D eigenvalue weighted by Gasteiger charge is -2.30. The van der Waals surface area contributed by atoms with Gasteiger partial charge in [-0.2, -0.15) is 0 Å². The molecule has 7 nitrogen and oxygen atoms in total. The molecule has 1 atom stereocenters. The molecule has 1 unspecified atom stereocenters. The van der Waals surface area contributed by atoms with Gasteiger partial charge in [0.1, 0.15) is 5.82 Å². The van der Waals surface area contributed by atoms with Crippen molar-refractivity contribution in [1.29, 1.82) is 0 Å². The molecule has 3 rings (SSSR count). The minimum Gasteiger partial charge on any atom is -0.399 e. The van der Waals surface area contributed by atoms with Gasteiger partial charge < -0.3 is 10.7 Å². The van der Waals surface area contributed by atoms with E-state index in [0.717, 1.165) is 11.0 Å². The van der Waals surface area contributed by atoms with Gasteiger partial charge in [-0.05, 0) is 25.1 Å². The van der Waals surface area contributed by atoms with Crippen molar-refractivity contribution in [2.45, 2.75) is 19.5 Å². The summed E-state index contributed by atoms with van der Waals surface area (Å²) in [7, 11) is 0. The molecule has 1 aliphatic rings. The van der Waals surface area contributed by atoms with E-state index >= 15 is 0 Å². The number of imidazole rings is 1. The largest absolute Gasteiger partial charge is 0.399 e. The Bertz CT molecular complexity index is 693. The number of hydrogen-bond donors (Lipinski definition) is 3. The van der Waals surface area contributed by atoms with Gasteiger partial charge in [0.15, 0.2) is 0 Å². The summed E-state index contributed by atoms with van der Waals surface area (Å²) < 4.78 is 0. The summed E-state index contributed by atoms with van der Waals surface area (Å²) in [6.07, 6.45) is 0. The molecule has 1 aromatic heterocycles. The third-order valence-electron chi connectivity index (χ3n) is 3.44. The molecule has 104 valence electrons. The molecule has 2 amide bonds. The summed E-state index contributed by atoms with van der Waals surface area (Å²) in [6.45, 7) is 2.36. The number of rotatable bonds is 2. The smallest absolute Gasteiger partial charge is 0.243 e. The maximum Gasteiger partial charge on any atom is 0.243 e. The van der Waals surface area contributed by atoms with Gasteiger partial charge in [-0.1, -0.05) is 0 Å². The standard InChI is InChI=1S/C13H15N5O2/c1-7-13(20)17-12(19)6-18(7)5-11-15-9-3-2-8(14)4-10(9)16-11/h2-4,7H,5-6,14H2,1H3,(H,15,16)(H,17,19,20). The number of aromatic nitrogens is 2. The minimum absolute atomic E-state index is 0.187. The molecule has 4 N–H and O–H groups in total. The molecular formula is C13H15N5O2. The number of carbonyl (C=O) groups is 2. The topological polar surface area (TPSA) is 104 Å². The molecule has 2 heterocycles. The van der Waals surface area contributed by atoms with Crippen molar-refractivity contribution in [3.8, 4) is 0 Å². The Kier molecular flexibility index (Phi) is 2.90. The van der Waals surface area contributed by atoms with Crippen molar-refractivity contribution >= 4 is 28.5 Å². The maximum absolute atomic E-state index is 11.6. The van der Waals surface area contributed by atoms with Crippen LogP contribution in [0.5, 0.6) is 0 Å². The predicted octanol–water partition coefficient (Wildman–Crippen LogP) is -0.00800. The fraction of sp³-hybridized carbons (Fsp3) is 0.308. The number of hydrogen-bond acceptors (Lipinski definition) is 5. The lowest BCUT2D eigenvalue weighted by Crippen LogP contribution is -2.56. The van der Waals surface area contributed by atoms with E-state index in [4.69, 9.17) is 5.73 Å². The SMILES string of the molecule is CC1C(=O)NC(=O)CN1Cc1nc2ccc(N)cc2[nH]1. The Morgan fingerprint density at radius 3 is 3.05 bits per heavy atom. The third-order valence-corrected chi connectivity index (χ3v) is 3.44. The minimum atomic E-state index is -0.356. The highest BCUT2D eigenvalue weighted by molar-refractivity contribution is 6.00. The van der Waals surface area contributed by atoms with Gasteiger partial charge in [0.2, 0.25) is 11.8 Å². The number of anilines is 1. The number of H-pyrrole nitrogens is 1. The van der Waals surface area contributed by atoms with Crippen molar-refractivity contribution in [3.05, 3.63) is 24.0 Å². The van der Waals surface area contributed by atoms with Crippen molar-refractivity contribution in [2.24, 2.45) is 0 Å². The number of benzene rings is 1. The number of fused-ring (bicyclic) bond motifs is 1. The van der Waals surface area contributed by atoms with Gasteiger partial charge in [0, 0.05) is 5.69 Å². The van der Waals surface area contributed by atoms with Crippen LogP contribution in [0, 0.1) is 0 Å². The molecule has 1 aliphatic heterocycles. The number of amides is 2. The zero-order chi connectivity index (χ0) is 14.3. The highest BCUT2D eigenvalue weighted by Crippen LogP contribution is 2.17. The van der Waals surface area contributed by atoms with E-state index in [1.54, 1.807) is 17.9 Å². The van der Waals surface area contributed by atoms with Gasteiger partial charge in [-0.15, -0.1) is 0 Å². The molecule has 0 spiro atoms. The highest BCUT2D eigenvalue weighted by Gasteiger charge is 2.30. The zero-order valence-electron chi connectivity index (χ0n) is 11.0. The van der Waals surface area contributed by atoms with E-state index in [1.807, 2.05) is 12.1 Å². The van der Waals surface area contributed by atoms with E-state index in [0.29, 0.717) is 18.1 Å². The van der Waals surface area contributed by atoms with Gasteiger partial charge >= 0.3 is 0 Å². The molecule has 0 aliphatic carbocycles. The molecule has 1 fully saturated rings. The quantitative estimate of drug-likeness (QED) is 0.527. The fourth-order valence-electron chi connectivity index (χ4n) is 2.31. The number of nitrogens with zero attached hydrogens (tertiary/aromatic N) is 2. The summed E-state index contributed by atoms with van der Waals surface area (Å²) in [5.74, 6) is 0.148. The molecule has 20 heavy (non-hydrogen) atoms. The van der Waals surface area contributed by atoms with Crippen molar-refractivity contribution in [3.63, 3.8) is 0 Å². The van der Waals surface area contributed by atoms with Gasteiger partial charge in [0.25, 0.3) is 0 Å². The molecule has 2 aromatic rings. The summed E-state index contributed by atoms with van der Waals surface area (Å²) in [6, 6.07) is 5.07. The molecular weight excluding hydrogens is 258 g/mol. The molecule has 1 saturated heterocycles. The van der Waals surface area contributed by atoms with Gasteiger partial charge in [-0.3, -0.25) is 19.8 Å². The van der Waals surface area contributed by atoms with E-state index in [1.165, 1.54) is 0 Å². The number of piperazine rings is 1. The molecule has 0 saturated carbocycles. The number of nitrogens with two attached hydrogens (primary N) is 1. The van der Waals surface area contributed by atoms with Gasteiger partial charge in [-0.25, -0.2) is 4.98 Å². The first-order valence-electron chi connectivity index (χ1n) is 6.35. The van der Waals surface area contributed by atoms with Gasteiger partial charge in [0.05, 0.1) is 30.2 Å². The average Bonchev–Trinajstić information content (AvgIpc) is 2.76. The van der Waals surface area contributed by atoms with Crippen molar-refractivity contribution in [1.82, 2.24) is 20.2 Å². The number of aromatic amines is 1. The Balaban J connectivity index is 1.85. The highest BCUT2D eigenvalue weighted by atomic mass is 16.2. The second kappa shape index (κ2) is 4.61. The Hall–Kier alpha value is -2.41. The number of nitrogens with one attached hydrogen (secondary N) is 2. The van der Waals surface area contributed by atoms with E-state index in [2.05, 4.69) is 15.3 Å². The average molecular weight is 273 g/mol. The first-order chi connectivity index (χ1) is 9.52. The van der Waals surface area contributed by atoms with E-state index in [-0.39, 0.29) is 24.4 Å². The summed E-state index contributed by atoms with van der Waals surface area (Å²) in [4.78, 5) is 32.4. The van der Waals surface area contributed by atoms with Crippen molar-refractivity contribution in [2.75, 3.05) is 12.3 Å². The first kappa shape index (κ1) is 12.6. The summed E-state index contributed by atoms with van der Waals surface area (Å²) in [5.41, 5.74) is 8.04. The lowest BCUT2D eigenvalue weighted by atomic mass is 10.2. The third kappa shape index (κ3) is 2.23. The lowest BCUT2D eigenvalue weighted by molar-refractivity contribution is -0.139. The molecule has 0 bridgehead atoms. The molecule has 0 radical (unpaired) electrons. The number of carbonyl (C=O) groups excluding carboxylic acids is 2. The van der Waals surface area contributed by atoms with Crippen LogP contribution in [-0.2, 0) is 16.1 Å². The molecule has 7 heteroatoms. The number of nitrogen functional groups attached to an aromatic ring is 1. The van der Waals surface area contributed by atoms with Crippen LogP contribution in [0.4, 0.5) is 5.69 Å². The second-order valence-corrected chi connectivity index (χ2v) is 4.95. The number of imide groups is 1. The normalized spacial score (nSPS) is 20.4. The van der Waals surface area contributed by atoms with Crippen LogP contribution < -0.4 is 11.1 Å². The van der Waals surface area contributed by atoms with E-state index in [9.17, 15) is 9.59 Å². The van der Waals surface area contributed by atoms with Crippen LogP contribution in [0.25, 0.3) is 11.0 Å². The predicted molar refractivity (Wildman–Crippen MR) is 73.5 cm³/mol. The Morgan fingerprint density at radius 2 is 2.25 bits per heavy atom. The Labute approximate surface area is 115 Å². The first-order valence-corrected chi connectivity index (χ1v) is 6.35.